The van der Waals surface area contributed by atoms with Gasteiger partial charge in [0.15, 0.2) is 17.9 Å². The molecule has 2 N–H and O–H groups in total. The summed E-state index contributed by atoms with van der Waals surface area (Å²) in [7, 11) is 0. The molecule has 0 aliphatic rings. The number of nitro benzene ring substituents is 2. The number of hydrogen-bond donors (Lipinski definition) is 2. The first-order valence-electron chi connectivity index (χ1n) is 12.8. The SMILES string of the molecule is CC(=O)c1cccc([N+](=O)[O-])c1O.CSc1ccccc1/C=C/C(=O)c1cccc([N+](=O)[O-])c1O.CSc1ccccc1C=O. The quantitative estimate of drug-likeness (QED) is 0.0455. The average Bonchev–Trinajstić information content (AvgIpc) is 3.04. The van der Waals surface area contributed by atoms with Gasteiger partial charge in [0.1, 0.15) is 0 Å². The number of nitro groups is 2. The summed E-state index contributed by atoms with van der Waals surface area (Å²) < 4.78 is 0. The third-order valence-electron chi connectivity index (χ3n) is 5.89. The van der Waals surface area contributed by atoms with Crippen molar-refractivity contribution >= 4 is 58.8 Å². The number of phenolic OH excluding ortho intramolecular Hbond substituents is 2. The molecule has 45 heavy (non-hydrogen) atoms. The summed E-state index contributed by atoms with van der Waals surface area (Å²) in [4.78, 5) is 55.1. The van der Waals surface area contributed by atoms with E-state index in [-0.39, 0.29) is 11.1 Å². The zero-order chi connectivity index (χ0) is 33.5. The van der Waals surface area contributed by atoms with Gasteiger partial charge >= 0.3 is 11.4 Å². The lowest BCUT2D eigenvalue weighted by molar-refractivity contribution is -0.386. The van der Waals surface area contributed by atoms with Crippen LogP contribution in [0.4, 0.5) is 11.4 Å². The molecule has 0 heterocycles. The summed E-state index contributed by atoms with van der Waals surface area (Å²) in [5, 5.41) is 40.2. The van der Waals surface area contributed by atoms with E-state index in [2.05, 4.69) is 0 Å². The Bertz CT molecular complexity index is 1710. The molecule has 0 saturated carbocycles. The molecule has 0 atom stereocenters. The molecule has 4 rings (SSSR count). The molecule has 0 saturated heterocycles. The number of para-hydroxylation sites is 2. The number of nitrogens with zero attached hydrogens (tertiary/aromatic N) is 2. The molecule has 0 unspecified atom stereocenters. The van der Waals surface area contributed by atoms with Gasteiger partial charge in [0.05, 0.1) is 21.0 Å². The van der Waals surface area contributed by atoms with Crippen molar-refractivity contribution < 1.29 is 34.4 Å². The van der Waals surface area contributed by atoms with Gasteiger partial charge < -0.3 is 10.2 Å². The number of benzene rings is 4. The number of hydrogen-bond acceptors (Lipinski definition) is 11. The van der Waals surface area contributed by atoms with Gasteiger partial charge in [-0.3, -0.25) is 34.6 Å². The topological polar surface area (TPSA) is 178 Å². The Morgan fingerprint density at radius 3 is 1.58 bits per heavy atom. The predicted octanol–water partition coefficient (Wildman–Crippen LogP) is 7.64. The van der Waals surface area contributed by atoms with Crippen molar-refractivity contribution in [2.75, 3.05) is 12.5 Å². The van der Waals surface area contributed by atoms with E-state index in [9.17, 15) is 44.8 Å². The molecule has 4 aromatic rings. The summed E-state index contributed by atoms with van der Waals surface area (Å²) in [5.74, 6) is -2.07. The number of aromatic hydroxyl groups is 2. The first-order chi connectivity index (χ1) is 21.5. The number of carbonyl (C=O) groups excluding carboxylic acids is 3. The van der Waals surface area contributed by atoms with Crippen molar-refractivity contribution in [2.45, 2.75) is 16.7 Å². The van der Waals surface area contributed by atoms with Crippen LogP contribution in [0.2, 0.25) is 0 Å². The molecule has 13 heteroatoms. The van der Waals surface area contributed by atoms with Gasteiger partial charge in [-0.2, -0.15) is 0 Å². The Kier molecular flexibility index (Phi) is 14.2. The molecule has 0 aliphatic carbocycles. The van der Waals surface area contributed by atoms with Crippen LogP contribution in [-0.4, -0.2) is 50.4 Å². The third kappa shape index (κ3) is 10.2. The van der Waals surface area contributed by atoms with Gasteiger partial charge in [0.2, 0.25) is 11.5 Å². The second-order valence-corrected chi connectivity index (χ2v) is 10.4. The molecule has 0 bridgehead atoms. The molecule has 0 aliphatic heterocycles. The molecule has 0 spiro atoms. The molecular weight excluding hydrogens is 620 g/mol. The van der Waals surface area contributed by atoms with E-state index in [1.54, 1.807) is 29.6 Å². The Hall–Kier alpha value is -5.27. The van der Waals surface area contributed by atoms with Gasteiger partial charge in [-0.15, -0.1) is 23.5 Å². The van der Waals surface area contributed by atoms with Crippen LogP contribution in [-0.2, 0) is 0 Å². The van der Waals surface area contributed by atoms with Crippen LogP contribution < -0.4 is 0 Å². The van der Waals surface area contributed by atoms with Crippen molar-refractivity contribution in [1.82, 2.24) is 0 Å². The molecule has 0 amide bonds. The number of phenols is 2. The molecule has 4 aromatic carbocycles. The number of allylic oxidation sites excluding steroid dienone is 1. The maximum absolute atomic E-state index is 12.1. The number of Topliss-reactive ketones (excluding diaryl/α,β-unsaturated/α-hetero) is 1. The standard InChI is InChI=1S/C16H13NO4S.C8H7NO4.C8H8OS/c1-22-15-8-3-2-5-11(15)9-10-14(18)12-6-4-7-13(16(12)19)17(20)21;1-5(10)6-3-2-4-7(8(6)11)9(12)13;1-10-8-5-3-2-4-7(8)6-9/h2-10,19H,1H3;2-4,11H,1H3;2-6H,1H3/b10-9+;;. The summed E-state index contributed by atoms with van der Waals surface area (Å²) in [6.07, 6.45) is 7.70. The van der Waals surface area contributed by atoms with E-state index >= 15 is 0 Å². The smallest absolute Gasteiger partial charge is 0.311 e. The third-order valence-corrected chi connectivity index (χ3v) is 7.51. The Morgan fingerprint density at radius 2 is 1.13 bits per heavy atom. The fourth-order valence-electron chi connectivity index (χ4n) is 3.66. The van der Waals surface area contributed by atoms with Crippen molar-refractivity contribution in [1.29, 1.82) is 0 Å². The molecule has 0 radical (unpaired) electrons. The van der Waals surface area contributed by atoms with Gasteiger partial charge in [-0.05, 0) is 61.4 Å². The highest BCUT2D eigenvalue weighted by molar-refractivity contribution is 7.98. The van der Waals surface area contributed by atoms with E-state index in [1.807, 2.05) is 61.0 Å². The van der Waals surface area contributed by atoms with Crippen LogP contribution >= 0.6 is 23.5 Å². The maximum atomic E-state index is 12.1. The monoisotopic (exact) mass is 648 g/mol. The number of thioether (sulfide) groups is 2. The van der Waals surface area contributed by atoms with Crippen molar-refractivity contribution in [3.63, 3.8) is 0 Å². The van der Waals surface area contributed by atoms with Crippen LogP contribution in [0.15, 0.2) is 101 Å². The number of ketones is 2. The summed E-state index contributed by atoms with van der Waals surface area (Å²) in [6.45, 7) is 1.23. The zero-order valence-corrected chi connectivity index (χ0v) is 25.9. The first-order valence-corrected chi connectivity index (χ1v) is 15.3. The van der Waals surface area contributed by atoms with Crippen molar-refractivity contribution in [2.24, 2.45) is 0 Å². The van der Waals surface area contributed by atoms with Crippen LogP contribution in [0.1, 0.15) is 43.6 Å². The van der Waals surface area contributed by atoms with E-state index in [4.69, 9.17) is 0 Å². The lowest BCUT2D eigenvalue weighted by Gasteiger charge is -2.03. The molecule has 0 fully saturated rings. The number of carbonyl (C=O) groups is 3. The second kappa shape index (κ2) is 17.8. The van der Waals surface area contributed by atoms with Gasteiger partial charge in [-0.25, -0.2) is 0 Å². The Balaban J connectivity index is 0.000000259. The highest BCUT2D eigenvalue weighted by Gasteiger charge is 2.20. The molecular formula is C32H28N2O9S2. The van der Waals surface area contributed by atoms with Crippen molar-refractivity contribution in [3.05, 3.63) is 133 Å². The minimum Gasteiger partial charge on any atom is -0.502 e. The lowest BCUT2D eigenvalue weighted by atomic mass is 10.1. The van der Waals surface area contributed by atoms with Crippen LogP contribution in [0, 0.1) is 20.2 Å². The first kappa shape index (κ1) is 35.9. The minimum atomic E-state index is -0.734. The van der Waals surface area contributed by atoms with Gasteiger partial charge in [-0.1, -0.05) is 48.5 Å². The van der Waals surface area contributed by atoms with E-state index in [1.165, 1.54) is 37.3 Å². The van der Waals surface area contributed by atoms with Crippen LogP contribution in [0.25, 0.3) is 6.08 Å². The summed E-state index contributed by atoms with van der Waals surface area (Å²) >= 11 is 3.14. The summed E-state index contributed by atoms with van der Waals surface area (Å²) in [6, 6.07) is 22.8. The van der Waals surface area contributed by atoms with E-state index in [0.29, 0.717) is 0 Å². The average molecular weight is 649 g/mol. The normalized spacial score (nSPS) is 10.1. The van der Waals surface area contributed by atoms with Crippen LogP contribution in [0.3, 0.4) is 0 Å². The van der Waals surface area contributed by atoms with Crippen molar-refractivity contribution in [3.8, 4) is 11.5 Å². The fraction of sp³-hybridized carbons (Fsp3) is 0.0938. The molecule has 11 nitrogen and oxygen atoms in total. The number of rotatable bonds is 9. The van der Waals surface area contributed by atoms with E-state index < -0.39 is 44.3 Å². The van der Waals surface area contributed by atoms with E-state index in [0.717, 1.165) is 39.3 Å². The van der Waals surface area contributed by atoms with Crippen LogP contribution in [0.5, 0.6) is 11.5 Å². The lowest BCUT2D eigenvalue weighted by Crippen LogP contribution is -1.98. The van der Waals surface area contributed by atoms with Gasteiger partial charge in [0, 0.05) is 27.5 Å². The fourth-order valence-corrected chi connectivity index (χ4v) is 4.82. The highest BCUT2D eigenvalue weighted by Crippen LogP contribution is 2.31. The molecule has 232 valence electrons. The predicted molar refractivity (Wildman–Crippen MR) is 175 cm³/mol. The van der Waals surface area contributed by atoms with Gasteiger partial charge in [0.25, 0.3) is 0 Å². The molecule has 0 aromatic heterocycles. The minimum absolute atomic E-state index is 0.0331. The largest absolute Gasteiger partial charge is 0.502 e. The summed E-state index contributed by atoms with van der Waals surface area (Å²) in [5.41, 5.74) is 0.584. The number of aldehydes is 1. The Morgan fingerprint density at radius 1 is 0.689 bits per heavy atom. The second-order valence-electron chi connectivity index (χ2n) is 8.72. The zero-order valence-electron chi connectivity index (χ0n) is 24.3. The maximum Gasteiger partial charge on any atom is 0.311 e. The highest BCUT2D eigenvalue weighted by atomic mass is 32.2. The Labute approximate surface area is 266 Å².